The molecule has 1 atom stereocenters. The molecule has 1 aliphatic heterocycles. The zero-order valence-corrected chi connectivity index (χ0v) is 14.9. The number of furan rings is 1. The van der Waals surface area contributed by atoms with Crippen LogP contribution in [0.4, 0.5) is 0 Å². The molecule has 0 spiro atoms. The van der Waals surface area contributed by atoms with Crippen molar-refractivity contribution in [2.24, 2.45) is 0 Å². The summed E-state index contributed by atoms with van der Waals surface area (Å²) < 4.78 is 7.37. The Hall–Kier alpha value is -2.82. The number of aromatic nitrogens is 2. The van der Waals surface area contributed by atoms with Gasteiger partial charge in [-0.2, -0.15) is 0 Å². The van der Waals surface area contributed by atoms with Gasteiger partial charge in [-0.25, -0.2) is 4.98 Å². The molecule has 0 fully saturated rings. The Morgan fingerprint density at radius 3 is 2.88 bits per heavy atom. The molecular weight excluding hydrogens is 326 g/mol. The van der Waals surface area contributed by atoms with Gasteiger partial charge < -0.3 is 14.3 Å². The first-order chi connectivity index (χ1) is 12.7. The van der Waals surface area contributed by atoms with E-state index in [4.69, 9.17) is 4.42 Å². The van der Waals surface area contributed by atoms with Crippen LogP contribution >= 0.6 is 0 Å². The zero-order valence-electron chi connectivity index (χ0n) is 14.9. The quantitative estimate of drug-likeness (QED) is 0.764. The number of carbonyl (C=O) groups excluding carboxylic acids is 1. The fourth-order valence-electron chi connectivity index (χ4n) is 3.52. The van der Waals surface area contributed by atoms with Gasteiger partial charge in [0.1, 0.15) is 17.3 Å². The van der Waals surface area contributed by atoms with Crippen molar-refractivity contribution in [1.82, 2.24) is 14.9 Å². The lowest BCUT2D eigenvalue weighted by Gasteiger charge is -2.24. The molecule has 0 bridgehead atoms. The fraction of sp³-hybridized carbons (Fsp3) is 0.333. The molecule has 5 heteroatoms. The number of benzene rings is 1. The molecule has 0 saturated heterocycles. The number of hydrogen-bond donors (Lipinski definition) is 1. The van der Waals surface area contributed by atoms with E-state index < -0.39 is 0 Å². The maximum atomic E-state index is 12.4. The second-order valence-electron chi connectivity index (χ2n) is 6.79. The molecule has 1 unspecified atom stereocenters. The van der Waals surface area contributed by atoms with Crippen LogP contribution < -0.4 is 5.32 Å². The fourth-order valence-corrected chi connectivity index (χ4v) is 3.52. The molecule has 1 N–H and O–H groups in total. The van der Waals surface area contributed by atoms with Crippen LogP contribution in [0.25, 0.3) is 0 Å². The van der Waals surface area contributed by atoms with E-state index in [2.05, 4.69) is 46.1 Å². The third-order valence-corrected chi connectivity index (χ3v) is 5.09. The van der Waals surface area contributed by atoms with Crippen LogP contribution in [-0.4, -0.2) is 15.5 Å². The van der Waals surface area contributed by atoms with Crippen molar-refractivity contribution in [3.8, 4) is 0 Å². The number of nitrogens with zero attached hydrogens (tertiary/aromatic N) is 2. The van der Waals surface area contributed by atoms with Gasteiger partial charge in [0.15, 0.2) is 0 Å². The summed E-state index contributed by atoms with van der Waals surface area (Å²) >= 11 is 0. The average Bonchev–Trinajstić information content (AvgIpc) is 3.35. The van der Waals surface area contributed by atoms with E-state index in [0.717, 1.165) is 37.4 Å². The highest BCUT2D eigenvalue weighted by Crippen LogP contribution is 2.29. The number of aryl methyl sites for hydroxylation is 2. The topological polar surface area (TPSA) is 60.1 Å². The average molecular weight is 349 g/mol. The molecule has 1 aliphatic rings. The van der Waals surface area contributed by atoms with E-state index in [1.54, 1.807) is 6.26 Å². The van der Waals surface area contributed by atoms with Gasteiger partial charge in [0.05, 0.1) is 12.8 Å². The Kier molecular flexibility index (Phi) is 4.61. The van der Waals surface area contributed by atoms with Crippen molar-refractivity contribution in [3.63, 3.8) is 0 Å². The lowest BCUT2D eigenvalue weighted by Crippen LogP contribution is -2.22. The van der Waals surface area contributed by atoms with Gasteiger partial charge in [-0.15, -0.1) is 0 Å². The van der Waals surface area contributed by atoms with Crippen LogP contribution in [0.15, 0.2) is 53.3 Å². The second kappa shape index (κ2) is 7.20. The molecule has 2 aromatic heterocycles. The van der Waals surface area contributed by atoms with E-state index in [-0.39, 0.29) is 5.91 Å². The number of nitrogens with one attached hydrogen (secondary N) is 1. The Labute approximate surface area is 153 Å². The van der Waals surface area contributed by atoms with E-state index in [9.17, 15) is 4.79 Å². The van der Waals surface area contributed by atoms with Crippen LogP contribution in [0, 0.1) is 0 Å². The van der Waals surface area contributed by atoms with E-state index in [1.807, 2.05) is 18.3 Å². The van der Waals surface area contributed by atoms with E-state index in [0.29, 0.717) is 18.2 Å². The Bertz CT molecular complexity index is 879. The van der Waals surface area contributed by atoms with Crippen molar-refractivity contribution in [2.45, 2.75) is 45.2 Å². The molecule has 26 heavy (non-hydrogen) atoms. The third kappa shape index (κ3) is 3.43. The lowest BCUT2D eigenvalue weighted by atomic mass is 9.91. The molecular formula is C21H23N3O2. The zero-order chi connectivity index (χ0) is 17.9. The third-order valence-electron chi connectivity index (χ3n) is 5.09. The van der Waals surface area contributed by atoms with Crippen LogP contribution in [-0.2, 0) is 25.9 Å². The summed E-state index contributed by atoms with van der Waals surface area (Å²) in [7, 11) is 0. The first-order valence-electron chi connectivity index (χ1n) is 9.18. The first kappa shape index (κ1) is 16.6. The summed E-state index contributed by atoms with van der Waals surface area (Å²) in [6.07, 6.45) is 6.50. The van der Waals surface area contributed by atoms with Crippen molar-refractivity contribution in [3.05, 3.63) is 77.3 Å². The van der Waals surface area contributed by atoms with E-state index >= 15 is 0 Å². The maximum Gasteiger partial charge on any atom is 0.271 e. The summed E-state index contributed by atoms with van der Waals surface area (Å²) in [5.74, 6) is 2.04. The highest BCUT2D eigenvalue weighted by atomic mass is 16.3. The lowest BCUT2D eigenvalue weighted by molar-refractivity contribution is 0.0943. The normalized spacial score (nSPS) is 16.3. The summed E-state index contributed by atoms with van der Waals surface area (Å²) in [6.45, 7) is 3.42. The van der Waals surface area contributed by atoms with Gasteiger partial charge in [0.25, 0.3) is 5.91 Å². The standard InChI is InChI=1S/C21H23N3O2/c1-2-15-5-7-16(8-6-15)17-9-10-20-23-19(14-24(20)13-17)21(25)22-12-18-4-3-11-26-18/h3-8,11,14,17H,2,9-10,12-13H2,1H3,(H,22,25). The monoisotopic (exact) mass is 349 g/mol. The molecule has 134 valence electrons. The van der Waals surface area contributed by atoms with Gasteiger partial charge in [-0.05, 0) is 36.1 Å². The molecule has 1 aromatic carbocycles. The molecule has 0 saturated carbocycles. The smallest absolute Gasteiger partial charge is 0.271 e. The highest BCUT2D eigenvalue weighted by molar-refractivity contribution is 5.92. The molecule has 3 heterocycles. The summed E-state index contributed by atoms with van der Waals surface area (Å²) in [6, 6.07) is 12.6. The van der Waals surface area contributed by atoms with Crippen LogP contribution in [0.5, 0.6) is 0 Å². The number of carbonyl (C=O) groups is 1. The summed E-state index contributed by atoms with van der Waals surface area (Å²) in [5, 5.41) is 2.86. The molecule has 3 aromatic rings. The van der Waals surface area contributed by atoms with Gasteiger partial charge in [0.2, 0.25) is 0 Å². The van der Waals surface area contributed by atoms with Gasteiger partial charge in [-0.1, -0.05) is 31.2 Å². The van der Waals surface area contributed by atoms with Crippen LogP contribution in [0.3, 0.4) is 0 Å². The van der Waals surface area contributed by atoms with Crippen LogP contribution in [0.2, 0.25) is 0 Å². The number of rotatable bonds is 5. The van der Waals surface area contributed by atoms with Gasteiger partial charge in [-0.3, -0.25) is 4.79 Å². The van der Waals surface area contributed by atoms with Gasteiger partial charge >= 0.3 is 0 Å². The minimum Gasteiger partial charge on any atom is -0.467 e. The predicted octanol–water partition coefficient (Wildman–Crippen LogP) is 3.70. The second-order valence-corrected chi connectivity index (χ2v) is 6.79. The predicted molar refractivity (Wildman–Crippen MR) is 99.0 cm³/mol. The minimum absolute atomic E-state index is 0.160. The molecule has 5 nitrogen and oxygen atoms in total. The Balaban J connectivity index is 1.43. The minimum atomic E-state index is -0.160. The number of imidazole rings is 1. The molecule has 1 amide bonds. The van der Waals surface area contributed by atoms with Crippen molar-refractivity contribution in [1.29, 1.82) is 0 Å². The maximum absolute atomic E-state index is 12.4. The van der Waals surface area contributed by atoms with E-state index in [1.165, 1.54) is 11.1 Å². The first-order valence-corrected chi connectivity index (χ1v) is 9.18. The Morgan fingerprint density at radius 2 is 2.15 bits per heavy atom. The molecule has 0 radical (unpaired) electrons. The van der Waals surface area contributed by atoms with Crippen molar-refractivity contribution < 1.29 is 9.21 Å². The summed E-state index contributed by atoms with van der Waals surface area (Å²) in [4.78, 5) is 16.9. The van der Waals surface area contributed by atoms with Crippen molar-refractivity contribution >= 4 is 5.91 Å². The molecule has 4 rings (SSSR count). The summed E-state index contributed by atoms with van der Waals surface area (Å²) in [5.41, 5.74) is 3.21. The molecule has 0 aliphatic carbocycles. The van der Waals surface area contributed by atoms with Crippen molar-refractivity contribution in [2.75, 3.05) is 0 Å². The largest absolute Gasteiger partial charge is 0.467 e. The SMILES string of the molecule is CCc1ccc(C2CCc3nc(C(=O)NCc4ccco4)cn3C2)cc1. The number of hydrogen-bond acceptors (Lipinski definition) is 3. The van der Waals surface area contributed by atoms with Gasteiger partial charge in [0, 0.05) is 25.1 Å². The van der Waals surface area contributed by atoms with Crippen LogP contribution in [0.1, 0.15) is 52.5 Å². The number of fused-ring (bicyclic) bond motifs is 1. The highest BCUT2D eigenvalue weighted by Gasteiger charge is 2.23. The Morgan fingerprint density at radius 1 is 1.31 bits per heavy atom. The number of amides is 1.